The van der Waals surface area contributed by atoms with Crippen LogP contribution in [0.4, 0.5) is 13.2 Å². The van der Waals surface area contributed by atoms with Gasteiger partial charge in [0.15, 0.2) is 11.3 Å². The topological polar surface area (TPSA) is 134 Å². The van der Waals surface area contributed by atoms with Crippen LogP contribution in [0.2, 0.25) is 0 Å². The molecule has 1 aliphatic carbocycles. The fraction of sp³-hybridized carbons (Fsp3) is 0.375. The zero-order valence-electron chi connectivity index (χ0n) is 24.9. The first kappa shape index (κ1) is 30.4. The molecule has 13 heteroatoms. The fourth-order valence-electron chi connectivity index (χ4n) is 5.27. The largest absolute Gasteiger partial charge is 0.416 e. The maximum Gasteiger partial charge on any atom is 0.416 e. The van der Waals surface area contributed by atoms with Crippen molar-refractivity contribution < 1.29 is 23.1 Å². The van der Waals surface area contributed by atoms with E-state index in [0.29, 0.717) is 29.9 Å². The Hall–Kier alpha value is -4.65. The van der Waals surface area contributed by atoms with Crippen LogP contribution in [0.25, 0.3) is 22.2 Å². The number of hydrogen-bond donors (Lipinski definition) is 3. The summed E-state index contributed by atoms with van der Waals surface area (Å²) in [7, 11) is 0. The first-order valence-corrected chi connectivity index (χ1v) is 14.9. The molecular weight excluding hydrogens is 585 g/mol. The number of carbonyl (C=O) groups excluding carboxylic acids is 1. The Morgan fingerprint density at radius 3 is 2.62 bits per heavy atom. The van der Waals surface area contributed by atoms with E-state index in [4.69, 9.17) is 0 Å². The number of fused-ring (bicyclic) bond motifs is 1. The van der Waals surface area contributed by atoms with Crippen LogP contribution < -0.4 is 5.32 Å². The number of halogens is 3. The molecule has 234 valence electrons. The van der Waals surface area contributed by atoms with Gasteiger partial charge in [-0.3, -0.25) is 14.5 Å². The number of rotatable bonds is 11. The van der Waals surface area contributed by atoms with Crippen LogP contribution in [0.5, 0.6) is 0 Å². The average molecular weight is 619 g/mol. The number of aliphatic hydroxyl groups is 1. The Kier molecular flexibility index (Phi) is 8.12. The van der Waals surface area contributed by atoms with Gasteiger partial charge in [0.1, 0.15) is 5.60 Å². The standard InChI is InChI=1S/C32H33F3N8O2/c1-31(2,45)26-12-9-19(16-36-26)17-37-30(44)25-18-43(42-40-25)13-4-3-8-23-15-24-27(21-6-5-7-22(14-21)32(33,34)35)28(20-10-11-20)38-29(24)41-39-23/h5-7,9,12,14-16,18,20,45H,3-4,8,10-11,13,17H2,1-2H3,(H,37,44)(H,38,41). The first-order chi connectivity index (χ1) is 21.5. The van der Waals surface area contributed by atoms with Gasteiger partial charge in [0.25, 0.3) is 5.91 Å². The minimum atomic E-state index is -4.43. The van der Waals surface area contributed by atoms with E-state index in [-0.39, 0.29) is 24.1 Å². The van der Waals surface area contributed by atoms with Crippen LogP contribution >= 0.6 is 0 Å². The molecule has 4 heterocycles. The fourth-order valence-corrected chi connectivity index (χ4v) is 5.27. The number of hydrogen-bond acceptors (Lipinski definition) is 7. The SMILES string of the molecule is CC(C)(O)c1ccc(CNC(=O)c2cn(CCCCc3cc4c(-c5cccc(C(F)(F)F)c5)c(C5CC5)[nH]c4nn3)nn2)cn1. The second-order valence-electron chi connectivity index (χ2n) is 12.0. The highest BCUT2D eigenvalue weighted by atomic mass is 19.4. The predicted molar refractivity (Wildman–Crippen MR) is 160 cm³/mol. The third-order valence-corrected chi connectivity index (χ3v) is 7.85. The van der Waals surface area contributed by atoms with Crippen LogP contribution in [0.1, 0.15) is 84.1 Å². The predicted octanol–water partition coefficient (Wildman–Crippen LogP) is 5.69. The maximum atomic E-state index is 13.5. The lowest BCUT2D eigenvalue weighted by Gasteiger charge is -2.16. The number of aryl methyl sites for hydroxylation is 2. The summed E-state index contributed by atoms with van der Waals surface area (Å²) < 4.78 is 42.0. The number of pyridine rings is 1. The van der Waals surface area contributed by atoms with Gasteiger partial charge in [0, 0.05) is 35.9 Å². The van der Waals surface area contributed by atoms with Crippen molar-refractivity contribution in [1.29, 1.82) is 0 Å². The molecule has 3 N–H and O–H groups in total. The number of nitrogens with one attached hydrogen (secondary N) is 2. The number of amides is 1. The molecule has 6 rings (SSSR count). The Bertz CT molecular complexity index is 1820. The van der Waals surface area contributed by atoms with E-state index in [1.807, 2.05) is 6.07 Å². The number of H-pyrrole nitrogens is 1. The van der Waals surface area contributed by atoms with Crippen molar-refractivity contribution >= 4 is 16.9 Å². The van der Waals surface area contributed by atoms with Crippen LogP contribution in [0, 0.1) is 0 Å². The number of nitrogens with zero attached hydrogens (tertiary/aromatic N) is 6. The zero-order chi connectivity index (χ0) is 31.8. The van der Waals surface area contributed by atoms with Gasteiger partial charge >= 0.3 is 6.18 Å². The summed E-state index contributed by atoms with van der Waals surface area (Å²) in [5.41, 5.74) is 3.34. The molecule has 0 spiro atoms. The third-order valence-electron chi connectivity index (χ3n) is 7.85. The highest BCUT2D eigenvalue weighted by molar-refractivity contribution is 5.96. The van der Waals surface area contributed by atoms with Crippen molar-refractivity contribution in [3.05, 3.63) is 88.8 Å². The van der Waals surface area contributed by atoms with E-state index in [2.05, 4.69) is 35.8 Å². The Morgan fingerprint density at radius 2 is 1.91 bits per heavy atom. The summed E-state index contributed by atoms with van der Waals surface area (Å²) in [5, 5.41) is 30.4. The molecule has 1 aliphatic rings. The van der Waals surface area contributed by atoms with E-state index in [0.717, 1.165) is 59.7 Å². The summed E-state index contributed by atoms with van der Waals surface area (Å²) in [5.74, 6) is -0.0741. The summed E-state index contributed by atoms with van der Waals surface area (Å²) >= 11 is 0. The summed E-state index contributed by atoms with van der Waals surface area (Å²) in [6.07, 6.45) is 2.87. The molecule has 1 saturated carbocycles. The first-order valence-electron chi connectivity index (χ1n) is 14.9. The van der Waals surface area contributed by atoms with E-state index in [1.54, 1.807) is 49.1 Å². The van der Waals surface area contributed by atoms with Crippen molar-refractivity contribution in [2.45, 2.75) is 76.7 Å². The average Bonchev–Trinajstić information content (AvgIpc) is 3.62. The number of benzene rings is 1. The molecule has 1 fully saturated rings. The van der Waals surface area contributed by atoms with Crippen LogP contribution in [0.3, 0.4) is 0 Å². The highest BCUT2D eigenvalue weighted by Crippen LogP contribution is 2.47. The number of unbranched alkanes of at least 4 members (excludes halogenated alkanes) is 1. The van der Waals surface area contributed by atoms with Crippen molar-refractivity contribution in [2.75, 3.05) is 0 Å². The van der Waals surface area contributed by atoms with Gasteiger partial charge in [-0.15, -0.1) is 10.2 Å². The van der Waals surface area contributed by atoms with Gasteiger partial charge in [0.2, 0.25) is 0 Å². The van der Waals surface area contributed by atoms with Gasteiger partial charge in [0.05, 0.1) is 23.1 Å². The Morgan fingerprint density at radius 1 is 1.09 bits per heavy atom. The smallest absolute Gasteiger partial charge is 0.384 e. The lowest BCUT2D eigenvalue weighted by atomic mass is 9.98. The minimum absolute atomic E-state index is 0.202. The molecule has 0 bridgehead atoms. The zero-order valence-corrected chi connectivity index (χ0v) is 24.9. The van der Waals surface area contributed by atoms with Crippen LogP contribution in [-0.2, 0) is 31.3 Å². The molecular formula is C32H33F3N8O2. The normalized spacial score (nSPS) is 13.8. The molecule has 5 aromatic rings. The molecule has 0 atom stereocenters. The maximum absolute atomic E-state index is 13.5. The Balaban J connectivity index is 1.06. The lowest BCUT2D eigenvalue weighted by Crippen LogP contribution is -2.23. The van der Waals surface area contributed by atoms with Crippen molar-refractivity contribution in [2.24, 2.45) is 0 Å². The molecule has 0 unspecified atom stereocenters. The molecule has 0 aliphatic heterocycles. The minimum Gasteiger partial charge on any atom is -0.384 e. The quantitative estimate of drug-likeness (QED) is 0.162. The second kappa shape index (κ2) is 12.0. The van der Waals surface area contributed by atoms with Gasteiger partial charge in [-0.1, -0.05) is 23.4 Å². The monoisotopic (exact) mass is 618 g/mol. The molecule has 1 aromatic carbocycles. The van der Waals surface area contributed by atoms with Gasteiger partial charge in [-0.2, -0.15) is 18.3 Å². The number of alkyl halides is 3. The summed E-state index contributed by atoms with van der Waals surface area (Å²) in [6.45, 7) is 4.12. The van der Waals surface area contributed by atoms with Crippen LogP contribution in [0.15, 0.2) is 54.9 Å². The molecule has 10 nitrogen and oxygen atoms in total. The number of carbonyl (C=O) groups is 1. The summed E-state index contributed by atoms with van der Waals surface area (Å²) in [4.78, 5) is 20.1. The number of aromatic nitrogens is 7. The molecule has 0 saturated heterocycles. The van der Waals surface area contributed by atoms with E-state index < -0.39 is 17.3 Å². The van der Waals surface area contributed by atoms with Gasteiger partial charge < -0.3 is 15.4 Å². The van der Waals surface area contributed by atoms with Crippen molar-refractivity contribution in [3.63, 3.8) is 0 Å². The van der Waals surface area contributed by atoms with Gasteiger partial charge in [-0.25, -0.2) is 0 Å². The van der Waals surface area contributed by atoms with E-state index >= 15 is 0 Å². The van der Waals surface area contributed by atoms with Crippen LogP contribution in [-0.4, -0.2) is 46.2 Å². The molecule has 45 heavy (non-hydrogen) atoms. The van der Waals surface area contributed by atoms with E-state index in [1.165, 1.54) is 12.1 Å². The van der Waals surface area contributed by atoms with Gasteiger partial charge in [-0.05, 0) is 87.3 Å². The Labute approximate surface area is 257 Å². The summed E-state index contributed by atoms with van der Waals surface area (Å²) in [6, 6.07) is 10.9. The van der Waals surface area contributed by atoms with E-state index in [9.17, 15) is 23.1 Å². The van der Waals surface area contributed by atoms with Crippen molar-refractivity contribution in [3.8, 4) is 11.1 Å². The lowest BCUT2D eigenvalue weighted by molar-refractivity contribution is -0.137. The molecule has 4 aromatic heterocycles. The van der Waals surface area contributed by atoms with Crippen molar-refractivity contribution in [1.82, 2.24) is 40.5 Å². The number of aromatic amines is 1. The molecule has 1 amide bonds. The molecule has 0 radical (unpaired) electrons. The second-order valence-corrected chi connectivity index (χ2v) is 12.0. The highest BCUT2D eigenvalue weighted by Gasteiger charge is 2.33. The third kappa shape index (κ3) is 7.03.